The van der Waals surface area contributed by atoms with Crippen LogP contribution in [0.2, 0.25) is 0 Å². The number of hydrogen-bond donors (Lipinski definition) is 3. The summed E-state index contributed by atoms with van der Waals surface area (Å²) in [5, 5.41) is 14.8. The Bertz CT molecular complexity index is 1000. The molecule has 3 aromatic heterocycles. The lowest BCUT2D eigenvalue weighted by Gasteiger charge is -2.34. The summed E-state index contributed by atoms with van der Waals surface area (Å²) >= 11 is 0. The second kappa shape index (κ2) is 7.43. The molecule has 1 atom stereocenters. The van der Waals surface area contributed by atoms with E-state index < -0.39 is 6.43 Å². The molecule has 0 saturated carbocycles. The standard InChI is InChI=1S/C17H19F2N9/c18-17(19)11-1-2-15-23-7-13(28(15)26-11)12-6-16(25-9-24-12)27-4-3-22-10(8-27)5-14(20)21/h1-2,6-7,9-10,17,22H,3-5,8H2,(H3,20,21). The van der Waals surface area contributed by atoms with E-state index in [1.807, 2.05) is 0 Å². The maximum absolute atomic E-state index is 13.0. The van der Waals surface area contributed by atoms with Gasteiger partial charge in [0.15, 0.2) is 5.65 Å². The first-order valence-corrected chi connectivity index (χ1v) is 8.78. The molecule has 0 spiro atoms. The molecule has 1 unspecified atom stereocenters. The van der Waals surface area contributed by atoms with E-state index in [-0.39, 0.29) is 17.6 Å². The summed E-state index contributed by atoms with van der Waals surface area (Å²) in [7, 11) is 0. The molecule has 0 aromatic carbocycles. The molecule has 3 aromatic rings. The highest BCUT2D eigenvalue weighted by molar-refractivity contribution is 5.77. The minimum absolute atomic E-state index is 0.0655. The molecule has 1 fully saturated rings. The van der Waals surface area contributed by atoms with Crippen LogP contribution in [0.4, 0.5) is 14.6 Å². The number of nitrogens with two attached hydrogens (primary N) is 1. The van der Waals surface area contributed by atoms with Crippen molar-refractivity contribution in [3.8, 4) is 11.4 Å². The predicted octanol–water partition coefficient (Wildman–Crippen LogP) is 1.23. The number of amidine groups is 1. The fourth-order valence-corrected chi connectivity index (χ4v) is 3.27. The molecule has 4 rings (SSSR count). The topological polar surface area (TPSA) is 121 Å². The van der Waals surface area contributed by atoms with Crippen LogP contribution in [0.1, 0.15) is 18.5 Å². The van der Waals surface area contributed by atoms with Crippen LogP contribution in [0, 0.1) is 5.41 Å². The van der Waals surface area contributed by atoms with Crippen LogP contribution in [0.15, 0.2) is 30.7 Å². The second-order valence-corrected chi connectivity index (χ2v) is 6.56. The lowest BCUT2D eigenvalue weighted by Crippen LogP contribution is -2.52. The van der Waals surface area contributed by atoms with E-state index >= 15 is 0 Å². The van der Waals surface area contributed by atoms with Crippen molar-refractivity contribution in [2.45, 2.75) is 18.9 Å². The number of fused-ring (bicyclic) bond motifs is 1. The zero-order valence-corrected chi connectivity index (χ0v) is 14.9. The maximum Gasteiger partial charge on any atom is 0.282 e. The van der Waals surface area contributed by atoms with Gasteiger partial charge in [0.25, 0.3) is 6.43 Å². The van der Waals surface area contributed by atoms with Gasteiger partial charge in [-0.05, 0) is 12.1 Å². The van der Waals surface area contributed by atoms with Gasteiger partial charge in [-0.25, -0.2) is 28.2 Å². The van der Waals surface area contributed by atoms with E-state index in [1.54, 1.807) is 12.3 Å². The van der Waals surface area contributed by atoms with Crippen molar-refractivity contribution in [2.24, 2.45) is 5.73 Å². The van der Waals surface area contributed by atoms with Gasteiger partial charge >= 0.3 is 0 Å². The average Bonchev–Trinajstić information content (AvgIpc) is 3.11. The van der Waals surface area contributed by atoms with Crippen molar-refractivity contribution >= 4 is 17.3 Å². The second-order valence-electron chi connectivity index (χ2n) is 6.56. The van der Waals surface area contributed by atoms with Gasteiger partial charge in [-0.15, -0.1) is 0 Å². The number of hydrogen-bond acceptors (Lipinski definition) is 7. The van der Waals surface area contributed by atoms with Gasteiger partial charge in [-0.1, -0.05) is 0 Å². The Hall–Kier alpha value is -3.21. The van der Waals surface area contributed by atoms with E-state index in [1.165, 1.54) is 23.0 Å². The number of piperazine rings is 1. The number of rotatable bonds is 5. The Balaban J connectivity index is 1.65. The van der Waals surface area contributed by atoms with Gasteiger partial charge in [-0.3, -0.25) is 5.41 Å². The van der Waals surface area contributed by atoms with Crippen LogP contribution in [-0.4, -0.2) is 56.1 Å². The van der Waals surface area contributed by atoms with Gasteiger partial charge in [-0.2, -0.15) is 5.10 Å². The van der Waals surface area contributed by atoms with Crippen molar-refractivity contribution in [1.29, 1.82) is 5.41 Å². The van der Waals surface area contributed by atoms with Crippen LogP contribution < -0.4 is 16.0 Å². The molecule has 0 aliphatic carbocycles. The fraction of sp³-hybridized carbons (Fsp3) is 0.353. The van der Waals surface area contributed by atoms with Crippen LogP contribution in [0.25, 0.3) is 17.0 Å². The van der Waals surface area contributed by atoms with Gasteiger partial charge < -0.3 is 16.0 Å². The highest BCUT2D eigenvalue weighted by atomic mass is 19.3. The average molecular weight is 387 g/mol. The molecule has 0 radical (unpaired) electrons. The molecule has 28 heavy (non-hydrogen) atoms. The zero-order chi connectivity index (χ0) is 19.7. The van der Waals surface area contributed by atoms with Crippen molar-refractivity contribution in [3.05, 3.63) is 36.4 Å². The Morgan fingerprint density at radius 1 is 1.32 bits per heavy atom. The Morgan fingerprint density at radius 2 is 2.18 bits per heavy atom. The summed E-state index contributed by atoms with van der Waals surface area (Å²) < 4.78 is 27.4. The number of nitrogens with zero attached hydrogens (tertiary/aromatic N) is 6. The summed E-state index contributed by atoms with van der Waals surface area (Å²) in [4.78, 5) is 14.9. The van der Waals surface area contributed by atoms with E-state index in [4.69, 9.17) is 11.1 Å². The number of aromatic nitrogens is 5. The first-order chi connectivity index (χ1) is 13.5. The predicted molar refractivity (Wildman–Crippen MR) is 99.5 cm³/mol. The van der Waals surface area contributed by atoms with Gasteiger partial charge in [0.2, 0.25) is 0 Å². The number of alkyl halides is 2. The number of anilines is 1. The third-order valence-corrected chi connectivity index (χ3v) is 4.57. The van der Waals surface area contributed by atoms with E-state index in [0.717, 1.165) is 13.1 Å². The number of imidazole rings is 1. The summed E-state index contributed by atoms with van der Waals surface area (Å²) in [6.07, 6.45) is 0.783. The third-order valence-electron chi connectivity index (χ3n) is 4.57. The smallest absolute Gasteiger partial charge is 0.282 e. The first kappa shape index (κ1) is 18.2. The van der Waals surface area contributed by atoms with E-state index in [9.17, 15) is 8.78 Å². The highest BCUT2D eigenvalue weighted by Crippen LogP contribution is 2.24. The summed E-state index contributed by atoms with van der Waals surface area (Å²) in [6, 6.07) is 4.62. The quantitative estimate of drug-likeness (QED) is 0.445. The van der Waals surface area contributed by atoms with Gasteiger partial charge in [0.1, 0.15) is 23.5 Å². The molecule has 11 heteroatoms. The molecule has 146 valence electrons. The van der Waals surface area contributed by atoms with Crippen LogP contribution in [-0.2, 0) is 0 Å². The molecule has 1 saturated heterocycles. The molecule has 1 aliphatic rings. The van der Waals surface area contributed by atoms with Crippen LogP contribution in [0.3, 0.4) is 0 Å². The molecule has 0 bridgehead atoms. The van der Waals surface area contributed by atoms with Crippen molar-refractivity contribution in [3.63, 3.8) is 0 Å². The first-order valence-electron chi connectivity index (χ1n) is 8.78. The normalized spacial score (nSPS) is 17.4. The van der Waals surface area contributed by atoms with Crippen LogP contribution >= 0.6 is 0 Å². The molecule has 9 nitrogen and oxygen atoms in total. The monoisotopic (exact) mass is 387 g/mol. The van der Waals surface area contributed by atoms with Crippen molar-refractivity contribution < 1.29 is 8.78 Å². The minimum atomic E-state index is -2.67. The molecule has 4 heterocycles. The van der Waals surface area contributed by atoms with Crippen LogP contribution in [0.5, 0.6) is 0 Å². The molecular weight excluding hydrogens is 368 g/mol. The largest absolute Gasteiger partial charge is 0.388 e. The van der Waals surface area contributed by atoms with Crippen molar-refractivity contribution in [1.82, 2.24) is 29.9 Å². The van der Waals surface area contributed by atoms with Gasteiger partial charge in [0, 0.05) is 38.2 Å². The van der Waals surface area contributed by atoms with Crippen molar-refractivity contribution in [2.75, 3.05) is 24.5 Å². The maximum atomic E-state index is 13.0. The van der Waals surface area contributed by atoms with Gasteiger partial charge in [0.05, 0.1) is 17.7 Å². The SMILES string of the molecule is N=C(N)CC1CN(c2cc(-c3cnc4ccc(C(F)F)nn34)ncn2)CCN1. The molecule has 0 amide bonds. The third kappa shape index (κ3) is 3.60. The Morgan fingerprint density at radius 3 is 2.96 bits per heavy atom. The zero-order valence-electron chi connectivity index (χ0n) is 14.9. The number of nitrogens with one attached hydrogen (secondary N) is 2. The minimum Gasteiger partial charge on any atom is -0.388 e. The van der Waals surface area contributed by atoms with E-state index in [2.05, 4.69) is 30.3 Å². The lowest BCUT2D eigenvalue weighted by molar-refractivity contribution is 0.144. The Labute approximate surface area is 159 Å². The summed E-state index contributed by atoms with van der Waals surface area (Å²) in [5.74, 6) is 0.842. The molecule has 4 N–H and O–H groups in total. The molecular formula is C17H19F2N9. The molecule has 1 aliphatic heterocycles. The summed E-state index contributed by atoms with van der Waals surface area (Å²) in [6.45, 7) is 2.13. The number of halogens is 2. The highest BCUT2D eigenvalue weighted by Gasteiger charge is 2.22. The fourth-order valence-electron chi connectivity index (χ4n) is 3.27. The van der Waals surface area contributed by atoms with E-state index in [0.29, 0.717) is 35.8 Å². The Kier molecular flexibility index (Phi) is 4.82. The lowest BCUT2D eigenvalue weighted by atomic mass is 10.1. The summed E-state index contributed by atoms with van der Waals surface area (Å²) in [5.41, 5.74) is 6.70.